The number of nitrogens with one attached hydrogen (secondary N) is 2. The lowest BCUT2D eigenvalue weighted by molar-refractivity contribution is -0.120. The highest BCUT2D eigenvalue weighted by Crippen LogP contribution is 2.19. The zero-order valence-electron chi connectivity index (χ0n) is 13.0. The SMILES string of the molecule is CCc1ccc(NC(=O)C(C)N2CCCNCC2)cc1N. The minimum atomic E-state index is -0.128. The second-order valence-electron chi connectivity index (χ2n) is 5.57. The van der Waals surface area contributed by atoms with Gasteiger partial charge in [0.05, 0.1) is 6.04 Å². The topological polar surface area (TPSA) is 70.4 Å². The summed E-state index contributed by atoms with van der Waals surface area (Å²) >= 11 is 0. The number of nitrogen functional groups attached to an aromatic ring is 1. The Kier molecular flexibility index (Phi) is 5.59. The Labute approximate surface area is 126 Å². The van der Waals surface area contributed by atoms with Crippen LogP contribution in [0.2, 0.25) is 0 Å². The van der Waals surface area contributed by atoms with Gasteiger partial charge in [0.15, 0.2) is 0 Å². The van der Waals surface area contributed by atoms with E-state index in [1.165, 1.54) is 0 Å². The van der Waals surface area contributed by atoms with Crippen LogP contribution in [0.1, 0.15) is 25.8 Å². The van der Waals surface area contributed by atoms with Crippen molar-refractivity contribution in [2.24, 2.45) is 0 Å². The van der Waals surface area contributed by atoms with Crippen LogP contribution in [-0.2, 0) is 11.2 Å². The zero-order valence-corrected chi connectivity index (χ0v) is 13.0. The molecule has 0 bridgehead atoms. The van der Waals surface area contributed by atoms with Gasteiger partial charge in [0.25, 0.3) is 0 Å². The molecular formula is C16H26N4O. The highest BCUT2D eigenvalue weighted by atomic mass is 16.2. The Balaban J connectivity index is 1.98. The molecule has 1 aliphatic rings. The maximum Gasteiger partial charge on any atom is 0.241 e. The summed E-state index contributed by atoms with van der Waals surface area (Å²) in [6.45, 7) is 7.86. The van der Waals surface area contributed by atoms with E-state index in [9.17, 15) is 4.79 Å². The number of carbonyl (C=O) groups excluding carboxylic acids is 1. The molecule has 1 aromatic rings. The van der Waals surface area contributed by atoms with E-state index in [2.05, 4.69) is 22.5 Å². The molecule has 116 valence electrons. The molecule has 0 aliphatic carbocycles. The number of hydrogen-bond acceptors (Lipinski definition) is 4. The Hall–Kier alpha value is -1.59. The zero-order chi connectivity index (χ0) is 15.2. The van der Waals surface area contributed by atoms with Crippen molar-refractivity contribution < 1.29 is 4.79 Å². The monoisotopic (exact) mass is 290 g/mol. The molecule has 1 saturated heterocycles. The molecule has 1 fully saturated rings. The summed E-state index contributed by atoms with van der Waals surface area (Å²) in [5, 5.41) is 6.32. The van der Waals surface area contributed by atoms with Gasteiger partial charge in [-0.3, -0.25) is 9.69 Å². The van der Waals surface area contributed by atoms with Gasteiger partial charge in [-0.2, -0.15) is 0 Å². The van der Waals surface area contributed by atoms with Crippen LogP contribution in [0.15, 0.2) is 18.2 Å². The molecule has 21 heavy (non-hydrogen) atoms. The number of nitrogens with zero attached hydrogens (tertiary/aromatic N) is 1. The lowest BCUT2D eigenvalue weighted by Crippen LogP contribution is -2.43. The fraction of sp³-hybridized carbons (Fsp3) is 0.562. The predicted octanol–water partition coefficient (Wildman–Crippen LogP) is 1.45. The van der Waals surface area contributed by atoms with Gasteiger partial charge < -0.3 is 16.4 Å². The Morgan fingerprint density at radius 3 is 2.95 bits per heavy atom. The summed E-state index contributed by atoms with van der Waals surface area (Å²) in [6, 6.07) is 5.61. The first-order valence-corrected chi connectivity index (χ1v) is 7.76. The molecule has 1 atom stereocenters. The van der Waals surface area contributed by atoms with E-state index in [1.54, 1.807) is 0 Å². The van der Waals surface area contributed by atoms with Crippen molar-refractivity contribution in [1.82, 2.24) is 10.2 Å². The van der Waals surface area contributed by atoms with Gasteiger partial charge in [-0.05, 0) is 44.0 Å². The van der Waals surface area contributed by atoms with Crippen LogP contribution in [-0.4, -0.2) is 43.0 Å². The predicted molar refractivity (Wildman–Crippen MR) is 87.4 cm³/mol. The molecule has 1 aromatic carbocycles. The van der Waals surface area contributed by atoms with Crippen LogP contribution in [0.5, 0.6) is 0 Å². The van der Waals surface area contributed by atoms with E-state index in [0.717, 1.165) is 56.0 Å². The molecule has 2 rings (SSSR count). The van der Waals surface area contributed by atoms with Gasteiger partial charge in [0.2, 0.25) is 5.91 Å². The smallest absolute Gasteiger partial charge is 0.241 e. The lowest BCUT2D eigenvalue weighted by Gasteiger charge is -2.26. The van der Waals surface area contributed by atoms with Crippen molar-refractivity contribution in [3.05, 3.63) is 23.8 Å². The fourth-order valence-corrected chi connectivity index (χ4v) is 2.66. The second kappa shape index (κ2) is 7.43. The molecule has 1 aliphatic heterocycles. The summed E-state index contributed by atoms with van der Waals surface area (Å²) < 4.78 is 0. The lowest BCUT2D eigenvalue weighted by atomic mass is 10.1. The minimum absolute atomic E-state index is 0.0283. The average Bonchev–Trinajstić information content (AvgIpc) is 2.75. The number of hydrogen-bond donors (Lipinski definition) is 3. The van der Waals surface area contributed by atoms with Crippen LogP contribution < -0.4 is 16.4 Å². The highest BCUT2D eigenvalue weighted by Gasteiger charge is 2.22. The standard InChI is InChI=1S/C16H26N4O/c1-3-13-5-6-14(11-15(13)17)19-16(21)12(2)20-9-4-7-18-8-10-20/h5-6,11-12,18H,3-4,7-10,17H2,1-2H3,(H,19,21). The van der Waals surface area contributed by atoms with Gasteiger partial charge in [-0.15, -0.1) is 0 Å². The average molecular weight is 290 g/mol. The van der Waals surface area contributed by atoms with Crippen molar-refractivity contribution in [3.63, 3.8) is 0 Å². The summed E-state index contributed by atoms with van der Waals surface area (Å²) in [7, 11) is 0. The molecule has 0 aromatic heterocycles. The van der Waals surface area contributed by atoms with Gasteiger partial charge >= 0.3 is 0 Å². The van der Waals surface area contributed by atoms with E-state index in [0.29, 0.717) is 0 Å². The van der Waals surface area contributed by atoms with E-state index < -0.39 is 0 Å². The van der Waals surface area contributed by atoms with Crippen LogP contribution in [0.4, 0.5) is 11.4 Å². The molecule has 0 saturated carbocycles. The quantitative estimate of drug-likeness (QED) is 0.734. The summed E-state index contributed by atoms with van der Waals surface area (Å²) in [5.74, 6) is 0.0283. The van der Waals surface area contributed by atoms with Crippen LogP contribution in [0, 0.1) is 0 Å². The Morgan fingerprint density at radius 1 is 1.43 bits per heavy atom. The number of rotatable bonds is 4. The van der Waals surface area contributed by atoms with E-state index in [-0.39, 0.29) is 11.9 Å². The summed E-state index contributed by atoms with van der Waals surface area (Å²) in [5.41, 5.74) is 8.60. The van der Waals surface area contributed by atoms with E-state index in [4.69, 9.17) is 5.73 Å². The van der Waals surface area contributed by atoms with Crippen molar-refractivity contribution in [2.45, 2.75) is 32.7 Å². The molecule has 4 N–H and O–H groups in total. The molecule has 1 heterocycles. The molecule has 0 spiro atoms. The second-order valence-corrected chi connectivity index (χ2v) is 5.57. The number of benzene rings is 1. The summed E-state index contributed by atoms with van der Waals surface area (Å²) in [4.78, 5) is 14.6. The van der Waals surface area contributed by atoms with Crippen molar-refractivity contribution in [3.8, 4) is 0 Å². The number of aryl methyl sites for hydroxylation is 1. The number of anilines is 2. The fourth-order valence-electron chi connectivity index (χ4n) is 2.66. The van der Waals surface area contributed by atoms with Crippen LogP contribution in [0.3, 0.4) is 0 Å². The van der Waals surface area contributed by atoms with Crippen molar-refractivity contribution in [1.29, 1.82) is 0 Å². The van der Waals surface area contributed by atoms with Crippen molar-refractivity contribution in [2.75, 3.05) is 37.2 Å². The van der Waals surface area contributed by atoms with Gasteiger partial charge in [-0.25, -0.2) is 0 Å². The van der Waals surface area contributed by atoms with Gasteiger partial charge in [0, 0.05) is 31.0 Å². The normalized spacial score (nSPS) is 18.0. The first kappa shape index (κ1) is 15.8. The third-order valence-electron chi connectivity index (χ3n) is 4.10. The Morgan fingerprint density at radius 2 is 2.24 bits per heavy atom. The summed E-state index contributed by atoms with van der Waals surface area (Å²) in [6.07, 6.45) is 1.98. The van der Waals surface area contributed by atoms with Crippen LogP contribution >= 0.6 is 0 Å². The molecule has 1 amide bonds. The molecule has 0 radical (unpaired) electrons. The first-order chi connectivity index (χ1) is 10.1. The third kappa shape index (κ3) is 4.19. The van der Waals surface area contributed by atoms with Crippen molar-refractivity contribution >= 4 is 17.3 Å². The van der Waals surface area contributed by atoms with Crippen LogP contribution in [0.25, 0.3) is 0 Å². The Bertz CT molecular complexity index is 481. The number of amides is 1. The molecule has 5 nitrogen and oxygen atoms in total. The third-order valence-corrected chi connectivity index (χ3v) is 4.10. The molecule has 1 unspecified atom stereocenters. The van der Waals surface area contributed by atoms with Gasteiger partial charge in [-0.1, -0.05) is 13.0 Å². The first-order valence-electron chi connectivity index (χ1n) is 7.76. The number of nitrogens with two attached hydrogens (primary N) is 1. The molecule has 5 heteroatoms. The van der Waals surface area contributed by atoms with E-state index >= 15 is 0 Å². The number of carbonyl (C=O) groups is 1. The highest BCUT2D eigenvalue weighted by molar-refractivity contribution is 5.95. The largest absolute Gasteiger partial charge is 0.398 e. The van der Waals surface area contributed by atoms with Gasteiger partial charge in [0.1, 0.15) is 0 Å². The van der Waals surface area contributed by atoms with E-state index in [1.807, 2.05) is 25.1 Å². The minimum Gasteiger partial charge on any atom is -0.398 e. The molecular weight excluding hydrogens is 264 g/mol. The maximum atomic E-state index is 12.4. The maximum absolute atomic E-state index is 12.4.